The van der Waals surface area contributed by atoms with Crippen LogP contribution in [0.5, 0.6) is 0 Å². The largest absolute Gasteiger partial charge is 0.310 e. The first kappa shape index (κ1) is 21.5. The maximum Gasteiger partial charge on any atom is 0.251 e. The maximum absolute atomic E-state index is 13.1. The Bertz CT molecular complexity index is 903. The van der Waals surface area contributed by atoms with Crippen molar-refractivity contribution in [3.05, 3.63) is 40.8 Å². The SMILES string of the molecule is CC(C)Cc1cc(-c2ccc(CNC3CC3)cc2)c(S(=O)(=O)NC(C)(C)C)s1. The van der Waals surface area contributed by atoms with E-state index in [1.54, 1.807) is 0 Å². The Hall–Kier alpha value is -1.21. The Balaban J connectivity index is 1.92. The molecule has 0 atom stereocenters. The molecule has 4 nitrogen and oxygen atoms in total. The smallest absolute Gasteiger partial charge is 0.251 e. The summed E-state index contributed by atoms with van der Waals surface area (Å²) in [5, 5.41) is 3.52. The van der Waals surface area contributed by atoms with Crippen molar-refractivity contribution < 1.29 is 8.42 Å². The van der Waals surface area contributed by atoms with Crippen LogP contribution in [0.1, 0.15) is 57.9 Å². The van der Waals surface area contributed by atoms with Gasteiger partial charge in [0.1, 0.15) is 4.21 Å². The molecule has 6 heteroatoms. The monoisotopic (exact) mass is 420 g/mol. The van der Waals surface area contributed by atoms with E-state index in [2.05, 4.69) is 42.1 Å². The molecule has 154 valence electrons. The molecule has 2 aromatic rings. The lowest BCUT2D eigenvalue weighted by atomic mass is 10.0. The normalized spacial score (nSPS) is 15.4. The number of rotatable bonds is 8. The van der Waals surface area contributed by atoms with Crippen molar-refractivity contribution in [2.24, 2.45) is 5.92 Å². The zero-order valence-electron chi connectivity index (χ0n) is 17.5. The molecular formula is C22H32N2O2S2. The highest BCUT2D eigenvalue weighted by Crippen LogP contribution is 2.37. The fourth-order valence-electron chi connectivity index (χ4n) is 3.13. The molecule has 3 rings (SSSR count). The van der Waals surface area contributed by atoms with Crippen LogP contribution in [0.4, 0.5) is 0 Å². The van der Waals surface area contributed by atoms with Crippen LogP contribution < -0.4 is 10.0 Å². The van der Waals surface area contributed by atoms with Gasteiger partial charge in [-0.1, -0.05) is 38.1 Å². The first-order chi connectivity index (χ1) is 13.0. The van der Waals surface area contributed by atoms with Crippen LogP contribution in [0.2, 0.25) is 0 Å². The lowest BCUT2D eigenvalue weighted by Crippen LogP contribution is -2.40. The Morgan fingerprint density at radius 2 is 1.79 bits per heavy atom. The molecule has 1 aromatic heterocycles. The summed E-state index contributed by atoms with van der Waals surface area (Å²) in [6.45, 7) is 10.8. The van der Waals surface area contributed by atoms with Gasteiger partial charge < -0.3 is 5.32 Å². The molecule has 1 saturated carbocycles. The Kier molecular flexibility index (Phi) is 6.35. The summed E-state index contributed by atoms with van der Waals surface area (Å²) in [5.41, 5.74) is 2.47. The van der Waals surface area contributed by atoms with Crippen molar-refractivity contribution in [2.75, 3.05) is 0 Å². The molecule has 0 radical (unpaired) electrons. The number of benzene rings is 1. The van der Waals surface area contributed by atoms with Crippen molar-refractivity contribution in [3.8, 4) is 11.1 Å². The highest BCUT2D eigenvalue weighted by molar-refractivity contribution is 7.91. The molecule has 0 spiro atoms. The zero-order valence-corrected chi connectivity index (χ0v) is 19.1. The number of hydrogen-bond donors (Lipinski definition) is 2. The molecule has 2 N–H and O–H groups in total. The van der Waals surface area contributed by atoms with E-state index in [0.29, 0.717) is 16.2 Å². The molecule has 0 bridgehead atoms. The molecule has 1 aromatic carbocycles. The minimum absolute atomic E-state index is 0.418. The number of thiophene rings is 1. The summed E-state index contributed by atoms with van der Waals surface area (Å²) in [4.78, 5) is 1.11. The van der Waals surface area contributed by atoms with Crippen molar-refractivity contribution in [2.45, 2.75) is 76.2 Å². The van der Waals surface area contributed by atoms with Gasteiger partial charge in [-0.2, -0.15) is 0 Å². The lowest BCUT2D eigenvalue weighted by molar-refractivity contribution is 0.493. The third-order valence-corrected chi connectivity index (χ3v) is 7.93. The van der Waals surface area contributed by atoms with Gasteiger partial charge in [-0.15, -0.1) is 11.3 Å². The van der Waals surface area contributed by atoms with Gasteiger partial charge in [0.05, 0.1) is 0 Å². The van der Waals surface area contributed by atoms with Gasteiger partial charge in [0.2, 0.25) is 0 Å². The van der Waals surface area contributed by atoms with Crippen molar-refractivity contribution in [3.63, 3.8) is 0 Å². The highest BCUT2D eigenvalue weighted by atomic mass is 32.2. The third-order valence-electron chi connectivity index (χ3n) is 4.48. The van der Waals surface area contributed by atoms with Crippen LogP contribution in [0.25, 0.3) is 11.1 Å². The molecule has 0 saturated heterocycles. The number of nitrogens with one attached hydrogen (secondary N) is 2. The predicted molar refractivity (Wildman–Crippen MR) is 118 cm³/mol. The van der Waals surface area contributed by atoms with Gasteiger partial charge in [0.25, 0.3) is 10.0 Å². The number of hydrogen-bond acceptors (Lipinski definition) is 4. The van der Waals surface area contributed by atoms with Gasteiger partial charge >= 0.3 is 0 Å². The predicted octanol–water partition coefficient (Wildman–Crippen LogP) is 4.94. The van der Waals surface area contributed by atoms with Crippen LogP contribution in [0.3, 0.4) is 0 Å². The van der Waals surface area contributed by atoms with E-state index < -0.39 is 15.6 Å². The Morgan fingerprint density at radius 3 is 2.32 bits per heavy atom. The minimum atomic E-state index is -3.58. The van der Waals surface area contributed by atoms with Gasteiger partial charge in [-0.05, 0) is 63.1 Å². The summed E-state index contributed by atoms with van der Waals surface area (Å²) in [5.74, 6) is 0.480. The van der Waals surface area contributed by atoms with E-state index in [1.807, 2.05) is 32.9 Å². The van der Waals surface area contributed by atoms with Gasteiger partial charge in [0.15, 0.2) is 0 Å². The quantitative estimate of drug-likeness (QED) is 0.636. The average Bonchev–Trinajstić information content (AvgIpc) is 3.29. The molecule has 28 heavy (non-hydrogen) atoms. The van der Waals surface area contributed by atoms with Crippen molar-refractivity contribution >= 4 is 21.4 Å². The van der Waals surface area contributed by atoms with Crippen LogP contribution in [0, 0.1) is 5.92 Å². The standard InChI is InChI=1S/C22H32N2O2S2/c1-15(2)12-19-13-20(21(27-19)28(25,26)24-22(3,4)5)17-8-6-16(7-9-17)14-23-18-10-11-18/h6-9,13,15,18,23-24H,10-12,14H2,1-5H3. The fraction of sp³-hybridized carbons (Fsp3) is 0.545. The fourth-order valence-corrected chi connectivity index (χ4v) is 6.50. The highest BCUT2D eigenvalue weighted by Gasteiger charge is 2.28. The van der Waals surface area contributed by atoms with Crippen molar-refractivity contribution in [1.29, 1.82) is 0 Å². The zero-order chi connectivity index (χ0) is 20.5. The second-order valence-electron chi connectivity index (χ2n) is 9.22. The van der Waals surface area contributed by atoms with Gasteiger partial charge in [-0.3, -0.25) is 0 Å². The summed E-state index contributed by atoms with van der Waals surface area (Å²) in [6, 6.07) is 11.0. The lowest BCUT2D eigenvalue weighted by Gasteiger charge is -2.20. The maximum atomic E-state index is 13.1. The molecule has 0 unspecified atom stereocenters. The molecule has 1 aliphatic carbocycles. The Labute approximate surface area is 173 Å². The van der Waals surface area contributed by atoms with E-state index in [1.165, 1.54) is 29.7 Å². The topological polar surface area (TPSA) is 58.2 Å². The van der Waals surface area contributed by atoms with Crippen LogP contribution >= 0.6 is 11.3 Å². The molecule has 1 aliphatic rings. The van der Waals surface area contributed by atoms with E-state index in [4.69, 9.17) is 0 Å². The van der Waals surface area contributed by atoms with E-state index in [9.17, 15) is 8.42 Å². The van der Waals surface area contributed by atoms with Crippen LogP contribution in [-0.2, 0) is 23.0 Å². The third kappa shape index (κ3) is 5.89. The molecule has 1 heterocycles. The summed E-state index contributed by atoms with van der Waals surface area (Å²) in [7, 11) is -3.58. The second-order valence-corrected chi connectivity index (χ2v) is 12.2. The van der Waals surface area contributed by atoms with E-state index in [0.717, 1.165) is 29.0 Å². The minimum Gasteiger partial charge on any atom is -0.310 e. The first-order valence-electron chi connectivity index (χ1n) is 10.0. The average molecular weight is 421 g/mol. The molecular weight excluding hydrogens is 388 g/mol. The van der Waals surface area contributed by atoms with Gasteiger partial charge in [0, 0.05) is 28.6 Å². The first-order valence-corrected chi connectivity index (χ1v) is 12.3. The van der Waals surface area contributed by atoms with Gasteiger partial charge in [-0.25, -0.2) is 13.1 Å². The van der Waals surface area contributed by atoms with Crippen molar-refractivity contribution in [1.82, 2.24) is 10.0 Å². The van der Waals surface area contributed by atoms with E-state index in [-0.39, 0.29) is 0 Å². The molecule has 0 aliphatic heterocycles. The summed E-state index contributed by atoms with van der Waals surface area (Å²) < 4.78 is 29.4. The second kappa shape index (κ2) is 8.27. The summed E-state index contributed by atoms with van der Waals surface area (Å²) >= 11 is 1.39. The van der Waals surface area contributed by atoms with E-state index >= 15 is 0 Å². The number of sulfonamides is 1. The van der Waals surface area contributed by atoms with Crippen LogP contribution in [0.15, 0.2) is 34.5 Å². The summed E-state index contributed by atoms with van der Waals surface area (Å²) in [6.07, 6.45) is 3.42. The molecule has 1 fully saturated rings. The Morgan fingerprint density at radius 1 is 1.14 bits per heavy atom. The van der Waals surface area contributed by atoms with Crippen LogP contribution in [-0.4, -0.2) is 20.0 Å². The molecule has 0 amide bonds.